The van der Waals surface area contributed by atoms with E-state index in [1.54, 1.807) is 12.1 Å². The first-order valence-corrected chi connectivity index (χ1v) is 8.43. The predicted molar refractivity (Wildman–Crippen MR) is 89.6 cm³/mol. The van der Waals surface area contributed by atoms with Crippen LogP contribution in [-0.2, 0) is 0 Å². The number of nitrogens with zero attached hydrogens (tertiary/aromatic N) is 1. The van der Waals surface area contributed by atoms with Gasteiger partial charge in [-0.1, -0.05) is 12.1 Å². The third kappa shape index (κ3) is 4.12. The van der Waals surface area contributed by atoms with Gasteiger partial charge in [0.1, 0.15) is 10.8 Å². The number of rotatable bonds is 7. The van der Waals surface area contributed by atoms with Crippen LogP contribution in [0.3, 0.4) is 0 Å². The molecule has 0 amide bonds. The van der Waals surface area contributed by atoms with E-state index in [0.717, 1.165) is 28.4 Å². The third-order valence-corrected chi connectivity index (χ3v) is 5.03. The van der Waals surface area contributed by atoms with E-state index in [0.29, 0.717) is 11.6 Å². The second-order valence-electron chi connectivity index (χ2n) is 5.60. The number of benzene rings is 1. The quantitative estimate of drug-likeness (QED) is 0.808. The van der Waals surface area contributed by atoms with Crippen molar-refractivity contribution in [2.75, 3.05) is 6.61 Å². The standard InChI is InChI=1S/C17H23FN2OS/c1-11(7-6-10-21)19-12(2)16-13(3)20-17(22-16)14-8-4-5-9-15(14)18/h4-5,8-9,11-12,19,21H,6-7,10H2,1-3H3. The summed E-state index contributed by atoms with van der Waals surface area (Å²) in [5, 5.41) is 13.1. The molecule has 0 saturated heterocycles. The van der Waals surface area contributed by atoms with Crippen LogP contribution in [0, 0.1) is 12.7 Å². The van der Waals surface area contributed by atoms with Crippen molar-refractivity contribution in [3.63, 3.8) is 0 Å². The summed E-state index contributed by atoms with van der Waals surface area (Å²) in [6.07, 6.45) is 1.72. The van der Waals surface area contributed by atoms with Gasteiger partial charge in [-0.05, 0) is 45.7 Å². The van der Waals surface area contributed by atoms with Gasteiger partial charge in [0.2, 0.25) is 0 Å². The smallest absolute Gasteiger partial charge is 0.133 e. The Balaban J connectivity index is 2.14. The Morgan fingerprint density at radius 3 is 2.73 bits per heavy atom. The van der Waals surface area contributed by atoms with Gasteiger partial charge in [0.15, 0.2) is 0 Å². The highest BCUT2D eigenvalue weighted by Gasteiger charge is 2.18. The first kappa shape index (κ1) is 17.1. The van der Waals surface area contributed by atoms with Crippen LogP contribution in [0.25, 0.3) is 10.6 Å². The lowest BCUT2D eigenvalue weighted by Gasteiger charge is -2.19. The van der Waals surface area contributed by atoms with Crippen LogP contribution >= 0.6 is 11.3 Å². The molecule has 2 N–H and O–H groups in total. The summed E-state index contributed by atoms with van der Waals surface area (Å²) in [6, 6.07) is 7.22. The molecule has 5 heteroatoms. The van der Waals surface area contributed by atoms with Crippen molar-refractivity contribution < 1.29 is 9.50 Å². The van der Waals surface area contributed by atoms with Crippen molar-refractivity contribution in [2.45, 2.75) is 45.7 Å². The zero-order valence-electron chi connectivity index (χ0n) is 13.3. The number of aliphatic hydroxyl groups is 1. The number of nitrogens with one attached hydrogen (secondary N) is 1. The van der Waals surface area contributed by atoms with Crippen LogP contribution in [0.15, 0.2) is 24.3 Å². The van der Waals surface area contributed by atoms with Crippen LogP contribution in [0.2, 0.25) is 0 Å². The van der Waals surface area contributed by atoms with E-state index in [9.17, 15) is 4.39 Å². The van der Waals surface area contributed by atoms with Gasteiger partial charge in [-0.3, -0.25) is 0 Å². The predicted octanol–water partition coefficient (Wildman–Crippen LogP) is 4.07. The number of hydrogen-bond acceptors (Lipinski definition) is 4. The van der Waals surface area contributed by atoms with E-state index in [1.165, 1.54) is 17.4 Å². The maximum Gasteiger partial charge on any atom is 0.133 e. The average Bonchev–Trinajstić information content (AvgIpc) is 2.87. The van der Waals surface area contributed by atoms with Crippen molar-refractivity contribution in [1.82, 2.24) is 10.3 Å². The lowest BCUT2D eigenvalue weighted by atomic mass is 10.1. The largest absolute Gasteiger partial charge is 0.396 e. The molecule has 1 aromatic carbocycles. The Labute approximate surface area is 135 Å². The fourth-order valence-electron chi connectivity index (χ4n) is 2.54. The van der Waals surface area contributed by atoms with Crippen molar-refractivity contribution in [2.24, 2.45) is 0 Å². The van der Waals surface area contributed by atoms with Gasteiger partial charge >= 0.3 is 0 Å². The molecule has 0 aliphatic heterocycles. The van der Waals surface area contributed by atoms with Crippen molar-refractivity contribution >= 4 is 11.3 Å². The lowest BCUT2D eigenvalue weighted by Crippen LogP contribution is -2.29. The van der Waals surface area contributed by atoms with E-state index < -0.39 is 0 Å². The molecule has 2 unspecified atom stereocenters. The Bertz CT molecular complexity index is 614. The molecule has 2 atom stereocenters. The van der Waals surface area contributed by atoms with Gasteiger partial charge in [-0.2, -0.15) is 0 Å². The van der Waals surface area contributed by atoms with Gasteiger partial charge < -0.3 is 10.4 Å². The minimum Gasteiger partial charge on any atom is -0.396 e. The second kappa shape index (κ2) is 7.81. The number of thiazole rings is 1. The van der Waals surface area contributed by atoms with Gasteiger partial charge in [-0.25, -0.2) is 9.37 Å². The molecule has 1 aromatic heterocycles. The Kier molecular flexibility index (Phi) is 6.06. The van der Waals surface area contributed by atoms with Gasteiger partial charge in [0.25, 0.3) is 0 Å². The molecule has 0 aliphatic rings. The molecule has 22 heavy (non-hydrogen) atoms. The molecule has 0 spiro atoms. The number of aliphatic hydroxyl groups excluding tert-OH is 1. The van der Waals surface area contributed by atoms with Crippen LogP contribution in [0.1, 0.15) is 43.3 Å². The summed E-state index contributed by atoms with van der Waals surface area (Å²) in [5.41, 5.74) is 1.50. The highest BCUT2D eigenvalue weighted by Crippen LogP contribution is 2.33. The van der Waals surface area contributed by atoms with Gasteiger partial charge in [-0.15, -0.1) is 11.3 Å². The monoisotopic (exact) mass is 322 g/mol. The van der Waals surface area contributed by atoms with Crippen LogP contribution in [-0.4, -0.2) is 22.7 Å². The fourth-order valence-corrected chi connectivity index (χ4v) is 3.65. The molecule has 2 rings (SSSR count). The highest BCUT2D eigenvalue weighted by atomic mass is 32.1. The summed E-state index contributed by atoms with van der Waals surface area (Å²) >= 11 is 1.54. The molecule has 0 fully saturated rings. The summed E-state index contributed by atoms with van der Waals surface area (Å²) in [4.78, 5) is 5.66. The first-order chi connectivity index (χ1) is 10.5. The topological polar surface area (TPSA) is 45.2 Å². The molecule has 0 saturated carbocycles. The van der Waals surface area contributed by atoms with Crippen LogP contribution < -0.4 is 5.32 Å². The second-order valence-corrected chi connectivity index (χ2v) is 6.63. The molecule has 1 heterocycles. The normalized spacial score (nSPS) is 14.0. The first-order valence-electron chi connectivity index (χ1n) is 7.62. The Morgan fingerprint density at radius 2 is 2.05 bits per heavy atom. The molecule has 3 nitrogen and oxygen atoms in total. The molecule has 2 aromatic rings. The zero-order valence-corrected chi connectivity index (χ0v) is 14.1. The number of aromatic nitrogens is 1. The number of halogens is 1. The summed E-state index contributed by atoms with van der Waals surface area (Å²) < 4.78 is 13.9. The van der Waals surface area contributed by atoms with Crippen molar-refractivity contribution in [1.29, 1.82) is 0 Å². The minimum atomic E-state index is -0.236. The SMILES string of the molecule is Cc1nc(-c2ccccc2F)sc1C(C)NC(C)CCCO. The van der Waals surface area contributed by atoms with Crippen LogP contribution in [0.4, 0.5) is 4.39 Å². The highest BCUT2D eigenvalue weighted by molar-refractivity contribution is 7.15. The third-order valence-electron chi connectivity index (χ3n) is 3.66. The van der Waals surface area contributed by atoms with Gasteiger partial charge in [0.05, 0.1) is 5.69 Å². The fraction of sp³-hybridized carbons (Fsp3) is 0.471. The molecule has 120 valence electrons. The van der Waals surface area contributed by atoms with E-state index in [2.05, 4.69) is 24.1 Å². The summed E-state index contributed by atoms with van der Waals surface area (Å²) in [5.74, 6) is -0.236. The minimum absolute atomic E-state index is 0.159. The Hall–Kier alpha value is -1.30. The molecule has 0 radical (unpaired) electrons. The van der Waals surface area contributed by atoms with E-state index >= 15 is 0 Å². The van der Waals surface area contributed by atoms with Crippen LogP contribution in [0.5, 0.6) is 0 Å². The summed E-state index contributed by atoms with van der Waals surface area (Å²) in [7, 11) is 0. The zero-order chi connectivity index (χ0) is 16.1. The maximum absolute atomic E-state index is 13.9. The number of hydrogen-bond donors (Lipinski definition) is 2. The Morgan fingerprint density at radius 1 is 1.32 bits per heavy atom. The van der Waals surface area contributed by atoms with E-state index in [-0.39, 0.29) is 18.5 Å². The number of aryl methyl sites for hydroxylation is 1. The molecule has 0 bridgehead atoms. The van der Waals surface area contributed by atoms with E-state index in [1.807, 2.05) is 13.0 Å². The molecular formula is C17H23FN2OS. The van der Waals surface area contributed by atoms with Crippen molar-refractivity contribution in [3.8, 4) is 10.6 Å². The van der Waals surface area contributed by atoms with Crippen molar-refractivity contribution in [3.05, 3.63) is 40.7 Å². The van der Waals surface area contributed by atoms with Gasteiger partial charge in [0, 0.05) is 29.1 Å². The lowest BCUT2D eigenvalue weighted by molar-refractivity contribution is 0.274. The molecule has 0 aliphatic carbocycles. The summed E-state index contributed by atoms with van der Waals surface area (Å²) in [6.45, 7) is 6.39. The maximum atomic E-state index is 13.9. The van der Waals surface area contributed by atoms with E-state index in [4.69, 9.17) is 5.11 Å². The molecular weight excluding hydrogens is 299 g/mol. The average molecular weight is 322 g/mol.